The first-order valence-corrected chi connectivity index (χ1v) is 10.7. The van der Waals surface area contributed by atoms with Crippen molar-refractivity contribution in [2.45, 2.75) is 6.92 Å². The third-order valence-corrected chi connectivity index (χ3v) is 6.28. The van der Waals surface area contributed by atoms with E-state index in [-0.39, 0.29) is 5.91 Å². The van der Waals surface area contributed by atoms with Gasteiger partial charge in [0.1, 0.15) is 0 Å². The van der Waals surface area contributed by atoms with Crippen molar-refractivity contribution in [3.8, 4) is 11.5 Å². The first-order valence-electron chi connectivity index (χ1n) is 9.88. The first-order chi connectivity index (χ1) is 14.6. The van der Waals surface area contributed by atoms with Gasteiger partial charge in [0, 0.05) is 31.9 Å². The standard InChI is InChI=1S/C23H25N3O3S/c1-16-5-4-6-18(13-16)25-9-11-26(12-10-25)23-24-22(27)21(30-23)15-17-7-8-19(28-2)20(14-17)29-3/h4-8,13-15H,9-12H2,1-3H3/b21-15-. The van der Waals surface area contributed by atoms with Crippen LogP contribution in [-0.4, -0.2) is 56.4 Å². The van der Waals surface area contributed by atoms with Crippen LogP contribution in [0.15, 0.2) is 52.4 Å². The van der Waals surface area contributed by atoms with Crippen LogP contribution in [0.1, 0.15) is 11.1 Å². The van der Waals surface area contributed by atoms with Crippen LogP contribution < -0.4 is 14.4 Å². The van der Waals surface area contributed by atoms with Crippen molar-refractivity contribution in [3.05, 3.63) is 58.5 Å². The summed E-state index contributed by atoms with van der Waals surface area (Å²) in [7, 11) is 3.20. The zero-order chi connectivity index (χ0) is 21.1. The van der Waals surface area contributed by atoms with Gasteiger partial charge in [-0.1, -0.05) is 18.2 Å². The Morgan fingerprint density at radius 2 is 1.70 bits per heavy atom. The Balaban J connectivity index is 1.41. The normalized spacial score (nSPS) is 18.0. The number of nitrogens with zero attached hydrogens (tertiary/aromatic N) is 3. The van der Waals surface area contributed by atoms with Gasteiger partial charge in [0.2, 0.25) is 0 Å². The summed E-state index contributed by atoms with van der Waals surface area (Å²) in [5.41, 5.74) is 3.39. The van der Waals surface area contributed by atoms with Crippen LogP contribution in [-0.2, 0) is 4.79 Å². The molecule has 0 bridgehead atoms. The maximum absolute atomic E-state index is 12.5. The minimum absolute atomic E-state index is 0.189. The second-order valence-corrected chi connectivity index (χ2v) is 8.25. The van der Waals surface area contributed by atoms with E-state index in [1.165, 1.54) is 23.0 Å². The van der Waals surface area contributed by atoms with E-state index in [1.54, 1.807) is 14.2 Å². The van der Waals surface area contributed by atoms with Crippen molar-refractivity contribution < 1.29 is 14.3 Å². The molecule has 0 atom stereocenters. The Hall–Kier alpha value is -2.93. The lowest BCUT2D eigenvalue weighted by Gasteiger charge is -2.36. The molecule has 6 nitrogen and oxygen atoms in total. The molecule has 0 radical (unpaired) electrons. The van der Waals surface area contributed by atoms with E-state index in [2.05, 4.69) is 46.0 Å². The molecule has 0 saturated carbocycles. The monoisotopic (exact) mass is 423 g/mol. The van der Waals surface area contributed by atoms with Gasteiger partial charge in [0.15, 0.2) is 16.7 Å². The van der Waals surface area contributed by atoms with Crippen molar-refractivity contribution in [1.82, 2.24) is 4.90 Å². The maximum atomic E-state index is 12.5. The van der Waals surface area contributed by atoms with Gasteiger partial charge >= 0.3 is 0 Å². The number of aliphatic imine (C=N–C) groups is 1. The summed E-state index contributed by atoms with van der Waals surface area (Å²) >= 11 is 1.44. The molecule has 0 unspecified atom stereocenters. The largest absolute Gasteiger partial charge is 0.493 e. The van der Waals surface area contributed by atoms with Crippen molar-refractivity contribution >= 4 is 34.6 Å². The summed E-state index contributed by atoms with van der Waals surface area (Å²) < 4.78 is 10.6. The smallest absolute Gasteiger partial charge is 0.286 e. The van der Waals surface area contributed by atoms with Gasteiger partial charge in [-0.2, -0.15) is 4.99 Å². The second-order valence-electron chi connectivity index (χ2n) is 7.24. The second kappa shape index (κ2) is 8.83. The van der Waals surface area contributed by atoms with E-state index in [0.29, 0.717) is 16.4 Å². The molecule has 7 heteroatoms. The van der Waals surface area contributed by atoms with E-state index < -0.39 is 0 Å². The zero-order valence-electron chi connectivity index (χ0n) is 17.4. The number of thioether (sulfide) groups is 1. The fraction of sp³-hybridized carbons (Fsp3) is 0.304. The van der Waals surface area contributed by atoms with Gasteiger partial charge in [-0.15, -0.1) is 0 Å². The average Bonchev–Trinajstić information content (AvgIpc) is 3.14. The Morgan fingerprint density at radius 3 is 2.40 bits per heavy atom. The fourth-order valence-electron chi connectivity index (χ4n) is 3.61. The summed E-state index contributed by atoms with van der Waals surface area (Å²) in [5.74, 6) is 1.11. The maximum Gasteiger partial charge on any atom is 0.286 e. The summed E-state index contributed by atoms with van der Waals surface area (Å²) in [6, 6.07) is 14.2. The molecular formula is C23H25N3O3S. The highest BCUT2D eigenvalue weighted by atomic mass is 32.2. The van der Waals surface area contributed by atoms with Gasteiger partial charge in [-0.3, -0.25) is 4.79 Å². The molecule has 2 aromatic rings. The number of hydrogen-bond acceptors (Lipinski definition) is 6. The number of piperazine rings is 1. The number of amidine groups is 1. The van der Waals surface area contributed by atoms with Gasteiger partial charge in [-0.25, -0.2) is 0 Å². The van der Waals surface area contributed by atoms with E-state index in [1.807, 2.05) is 24.3 Å². The van der Waals surface area contributed by atoms with Crippen LogP contribution in [0.3, 0.4) is 0 Å². The van der Waals surface area contributed by atoms with Crippen LogP contribution in [0.4, 0.5) is 5.69 Å². The molecule has 2 aromatic carbocycles. The lowest BCUT2D eigenvalue weighted by Crippen LogP contribution is -2.47. The molecule has 2 aliphatic heterocycles. The molecule has 0 spiro atoms. The molecule has 0 N–H and O–H groups in total. The number of hydrogen-bond donors (Lipinski definition) is 0. The Kier molecular flexibility index (Phi) is 5.99. The number of benzene rings is 2. The summed E-state index contributed by atoms with van der Waals surface area (Å²) in [5, 5.41) is 0.788. The molecule has 4 rings (SSSR count). The van der Waals surface area contributed by atoms with Gasteiger partial charge in [-0.05, 0) is 60.2 Å². The number of carbonyl (C=O) groups excluding carboxylic acids is 1. The fourth-order valence-corrected chi connectivity index (χ4v) is 4.57. The molecule has 1 amide bonds. The predicted molar refractivity (Wildman–Crippen MR) is 123 cm³/mol. The lowest BCUT2D eigenvalue weighted by atomic mass is 10.2. The third kappa shape index (κ3) is 4.31. The summed E-state index contributed by atoms with van der Waals surface area (Å²) in [6.07, 6.45) is 1.86. The van der Waals surface area contributed by atoms with Crippen molar-refractivity contribution in [2.75, 3.05) is 45.3 Å². The highest BCUT2D eigenvalue weighted by Gasteiger charge is 2.28. The van der Waals surface area contributed by atoms with Crippen molar-refractivity contribution in [2.24, 2.45) is 4.99 Å². The number of rotatable bonds is 4. The van der Waals surface area contributed by atoms with E-state index in [4.69, 9.17) is 9.47 Å². The predicted octanol–water partition coefficient (Wildman–Crippen LogP) is 3.80. The molecule has 2 heterocycles. The highest BCUT2D eigenvalue weighted by molar-refractivity contribution is 8.18. The van der Waals surface area contributed by atoms with E-state index in [9.17, 15) is 4.79 Å². The zero-order valence-corrected chi connectivity index (χ0v) is 18.2. The first kappa shape index (κ1) is 20.3. The number of carbonyl (C=O) groups is 1. The molecule has 2 aliphatic rings. The van der Waals surface area contributed by atoms with Crippen molar-refractivity contribution in [3.63, 3.8) is 0 Å². The Morgan fingerprint density at radius 1 is 0.967 bits per heavy atom. The molecule has 0 aromatic heterocycles. The van der Waals surface area contributed by atoms with Gasteiger partial charge < -0.3 is 19.3 Å². The lowest BCUT2D eigenvalue weighted by molar-refractivity contribution is -0.113. The molecule has 1 fully saturated rings. The Bertz CT molecular complexity index is 1010. The number of aryl methyl sites for hydroxylation is 1. The summed E-state index contributed by atoms with van der Waals surface area (Å²) in [6.45, 7) is 5.62. The molecule has 30 heavy (non-hydrogen) atoms. The van der Waals surface area contributed by atoms with E-state index >= 15 is 0 Å². The number of ether oxygens (including phenoxy) is 2. The van der Waals surface area contributed by atoms with Crippen LogP contribution in [0.25, 0.3) is 6.08 Å². The molecule has 1 saturated heterocycles. The SMILES string of the molecule is COc1ccc(/C=C2\SC(N3CCN(c4cccc(C)c4)CC3)=NC2=O)cc1OC. The summed E-state index contributed by atoms with van der Waals surface area (Å²) in [4.78, 5) is 22.0. The number of anilines is 1. The highest BCUT2D eigenvalue weighted by Crippen LogP contribution is 2.33. The molecule has 0 aliphatic carbocycles. The van der Waals surface area contributed by atoms with Crippen LogP contribution >= 0.6 is 11.8 Å². The molecular weight excluding hydrogens is 398 g/mol. The van der Waals surface area contributed by atoms with Crippen LogP contribution in [0.2, 0.25) is 0 Å². The number of methoxy groups -OCH3 is 2. The quantitative estimate of drug-likeness (QED) is 0.697. The minimum Gasteiger partial charge on any atom is -0.493 e. The van der Waals surface area contributed by atoms with Gasteiger partial charge in [0.05, 0.1) is 19.1 Å². The Labute approximate surface area is 181 Å². The minimum atomic E-state index is -0.189. The van der Waals surface area contributed by atoms with Crippen LogP contribution in [0.5, 0.6) is 11.5 Å². The van der Waals surface area contributed by atoms with E-state index in [0.717, 1.165) is 36.9 Å². The topological polar surface area (TPSA) is 54.4 Å². The van der Waals surface area contributed by atoms with Gasteiger partial charge in [0.25, 0.3) is 5.91 Å². The van der Waals surface area contributed by atoms with Crippen molar-refractivity contribution in [1.29, 1.82) is 0 Å². The average molecular weight is 424 g/mol. The van der Waals surface area contributed by atoms with Crippen LogP contribution in [0, 0.1) is 6.92 Å². The molecule has 156 valence electrons. The number of amides is 1. The third-order valence-electron chi connectivity index (χ3n) is 5.23.